The molecular weight excluding hydrogens is 294 g/mol. The molecule has 0 spiro atoms. The first-order valence-electron chi connectivity index (χ1n) is 5.35. The lowest BCUT2D eigenvalue weighted by atomic mass is 10.1. The van der Waals surface area contributed by atoms with Gasteiger partial charge in [0, 0.05) is 11.3 Å². The van der Waals surface area contributed by atoms with E-state index in [4.69, 9.17) is 5.73 Å². The van der Waals surface area contributed by atoms with Crippen molar-refractivity contribution in [3.8, 4) is 0 Å². The molecule has 1 amide bonds. The summed E-state index contributed by atoms with van der Waals surface area (Å²) in [5, 5.41) is 2.77. The molecule has 0 unspecified atom stereocenters. The standard InChI is InChI=1S/C13H12BrN3O/c1-8-6-9(2-4-11(8)15)13(18)17-10-3-5-12(14)16-7-10/h2-7H,15H2,1H3,(H,17,18). The van der Waals surface area contributed by atoms with Gasteiger partial charge in [-0.1, -0.05) is 0 Å². The maximum atomic E-state index is 12.0. The first-order valence-corrected chi connectivity index (χ1v) is 6.14. The van der Waals surface area contributed by atoms with Gasteiger partial charge >= 0.3 is 0 Å². The van der Waals surface area contributed by atoms with E-state index >= 15 is 0 Å². The smallest absolute Gasteiger partial charge is 0.255 e. The Morgan fingerprint density at radius 1 is 1.33 bits per heavy atom. The lowest BCUT2D eigenvalue weighted by Crippen LogP contribution is -2.12. The SMILES string of the molecule is Cc1cc(C(=O)Nc2ccc(Br)nc2)ccc1N. The fraction of sp³-hybridized carbons (Fsp3) is 0.0769. The highest BCUT2D eigenvalue weighted by Gasteiger charge is 2.07. The third-order valence-corrected chi connectivity index (χ3v) is 2.99. The summed E-state index contributed by atoms with van der Waals surface area (Å²) in [4.78, 5) is 16.0. The van der Waals surface area contributed by atoms with Crippen molar-refractivity contribution < 1.29 is 4.79 Å². The zero-order valence-electron chi connectivity index (χ0n) is 9.77. The number of hydrogen-bond acceptors (Lipinski definition) is 3. The van der Waals surface area contributed by atoms with E-state index in [1.807, 2.05) is 6.92 Å². The largest absolute Gasteiger partial charge is 0.399 e. The summed E-state index contributed by atoms with van der Waals surface area (Å²) in [5.41, 5.74) is 8.50. The van der Waals surface area contributed by atoms with Crippen molar-refractivity contribution in [2.45, 2.75) is 6.92 Å². The van der Waals surface area contributed by atoms with E-state index in [1.165, 1.54) is 0 Å². The van der Waals surface area contributed by atoms with E-state index in [-0.39, 0.29) is 5.91 Å². The topological polar surface area (TPSA) is 68.0 Å². The lowest BCUT2D eigenvalue weighted by molar-refractivity contribution is 0.102. The predicted octanol–water partition coefficient (Wildman–Crippen LogP) is 2.99. The molecule has 2 aromatic rings. The molecule has 0 radical (unpaired) electrons. The summed E-state index contributed by atoms with van der Waals surface area (Å²) in [6, 6.07) is 8.73. The second kappa shape index (κ2) is 5.18. The highest BCUT2D eigenvalue weighted by molar-refractivity contribution is 9.10. The highest BCUT2D eigenvalue weighted by Crippen LogP contribution is 2.15. The molecule has 18 heavy (non-hydrogen) atoms. The number of benzene rings is 1. The van der Waals surface area contributed by atoms with E-state index in [0.29, 0.717) is 16.9 Å². The number of nitrogen functional groups attached to an aromatic ring is 1. The summed E-state index contributed by atoms with van der Waals surface area (Å²) in [7, 11) is 0. The third-order valence-electron chi connectivity index (χ3n) is 2.52. The molecule has 0 bridgehead atoms. The molecule has 5 heteroatoms. The summed E-state index contributed by atoms with van der Waals surface area (Å²) in [6.07, 6.45) is 1.59. The van der Waals surface area contributed by atoms with Crippen LogP contribution in [0.2, 0.25) is 0 Å². The fourth-order valence-corrected chi connectivity index (χ4v) is 1.70. The summed E-state index contributed by atoms with van der Waals surface area (Å²) < 4.78 is 0.726. The van der Waals surface area contributed by atoms with Crippen LogP contribution in [0, 0.1) is 6.92 Å². The molecule has 0 saturated heterocycles. The van der Waals surface area contributed by atoms with E-state index in [1.54, 1.807) is 36.5 Å². The van der Waals surface area contributed by atoms with E-state index < -0.39 is 0 Å². The lowest BCUT2D eigenvalue weighted by Gasteiger charge is -2.06. The number of rotatable bonds is 2. The second-order valence-corrected chi connectivity index (χ2v) is 4.71. The molecule has 2 rings (SSSR count). The number of anilines is 2. The Balaban J connectivity index is 2.16. The van der Waals surface area contributed by atoms with Gasteiger partial charge in [-0.3, -0.25) is 4.79 Å². The molecular formula is C13H12BrN3O. The zero-order valence-corrected chi connectivity index (χ0v) is 11.4. The highest BCUT2D eigenvalue weighted by atomic mass is 79.9. The Kier molecular flexibility index (Phi) is 3.62. The summed E-state index contributed by atoms with van der Waals surface area (Å²) >= 11 is 3.24. The van der Waals surface area contributed by atoms with E-state index in [2.05, 4.69) is 26.2 Å². The molecule has 0 fully saturated rings. The van der Waals surface area contributed by atoms with Gasteiger partial charge in [0.15, 0.2) is 0 Å². The summed E-state index contributed by atoms with van der Waals surface area (Å²) in [6.45, 7) is 1.87. The van der Waals surface area contributed by atoms with Crippen LogP contribution in [0.5, 0.6) is 0 Å². The normalized spacial score (nSPS) is 10.1. The van der Waals surface area contributed by atoms with Gasteiger partial charge in [-0.2, -0.15) is 0 Å². The Morgan fingerprint density at radius 3 is 2.72 bits per heavy atom. The van der Waals surface area contributed by atoms with Crippen molar-refractivity contribution in [2.75, 3.05) is 11.1 Å². The molecule has 0 aliphatic carbocycles. The number of aromatic nitrogens is 1. The molecule has 1 aromatic heterocycles. The van der Waals surface area contributed by atoms with Gasteiger partial charge in [0.05, 0.1) is 11.9 Å². The van der Waals surface area contributed by atoms with E-state index in [9.17, 15) is 4.79 Å². The predicted molar refractivity (Wildman–Crippen MR) is 75.5 cm³/mol. The van der Waals surface area contributed by atoms with Crippen LogP contribution in [0.15, 0.2) is 41.1 Å². The number of aryl methyl sites for hydroxylation is 1. The zero-order chi connectivity index (χ0) is 13.1. The van der Waals surface area contributed by atoms with Crippen molar-refractivity contribution >= 4 is 33.2 Å². The molecule has 0 aliphatic rings. The Labute approximate surface area is 113 Å². The minimum Gasteiger partial charge on any atom is -0.399 e. The van der Waals surface area contributed by atoms with Gasteiger partial charge in [-0.05, 0) is 58.7 Å². The van der Waals surface area contributed by atoms with Crippen LogP contribution in [0.3, 0.4) is 0 Å². The first kappa shape index (κ1) is 12.6. The van der Waals surface area contributed by atoms with Crippen molar-refractivity contribution in [3.05, 3.63) is 52.3 Å². The molecule has 0 saturated carbocycles. The number of nitrogens with zero attached hydrogens (tertiary/aromatic N) is 1. The van der Waals surface area contributed by atoms with Crippen molar-refractivity contribution in [1.29, 1.82) is 0 Å². The first-order chi connectivity index (χ1) is 8.56. The monoisotopic (exact) mass is 305 g/mol. The van der Waals surface area contributed by atoms with Crippen molar-refractivity contribution in [2.24, 2.45) is 0 Å². The third kappa shape index (κ3) is 2.87. The van der Waals surface area contributed by atoms with Crippen LogP contribution >= 0.6 is 15.9 Å². The van der Waals surface area contributed by atoms with Gasteiger partial charge in [0.25, 0.3) is 5.91 Å². The van der Waals surface area contributed by atoms with Crippen LogP contribution in [-0.2, 0) is 0 Å². The minimum atomic E-state index is -0.178. The Hall–Kier alpha value is -1.88. The van der Waals surface area contributed by atoms with Gasteiger partial charge in [-0.25, -0.2) is 4.98 Å². The quantitative estimate of drug-likeness (QED) is 0.662. The summed E-state index contributed by atoms with van der Waals surface area (Å²) in [5.74, 6) is -0.178. The maximum absolute atomic E-state index is 12.0. The van der Waals surface area contributed by atoms with Crippen LogP contribution in [0.25, 0.3) is 0 Å². The molecule has 0 aliphatic heterocycles. The number of halogens is 1. The molecule has 92 valence electrons. The average Bonchev–Trinajstić information content (AvgIpc) is 2.35. The molecule has 1 aromatic carbocycles. The fourth-order valence-electron chi connectivity index (χ4n) is 1.47. The number of amides is 1. The van der Waals surface area contributed by atoms with Crippen LogP contribution in [0.1, 0.15) is 15.9 Å². The van der Waals surface area contributed by atoms with Gasteiger partial charge in [0.2, 0.25) is 0 Å². The average molecular weight is 306 g/mol. The number of hydrogen-bond donors (Lipinski definition) is 2. The van der Waals surface area contributed by atoms with Crippen LogP contribution in [-0.4, -0.2) is 10.9 Å². The van der Waals surface area contributed by atoms with Gasteiger partial charge in [0.1, 0.15) is 4.60 Å². The molecule has 4 nitrogen and oxygen atoms in total. The van der Waals surface area contributed by atoms with E-state index in [0.717, 1.165) is 10.2 Å². The Morgan fingerprint density at radius 2 is 2.11 bits per heavy atom. The number of pyridine rings is 1. The molecule has 1 heterocycles. The van der Waals surface area contributed by atoms with Crippen LogP contribution in [0.4, 0.5) is 11.4 Å². The van der Waals surface area contributed by atoms with Gasteiger partial charge in [-0.15, -0.1) is 0 Å². The maximum Gasteiger partial charge on any atom is 0.255 e. The number of carbonyl (C=O) groups is 1. The van der Waals surface area contributed by atoms with Crippen LogP contribution < -0.4 is 11.1 Å². The Bertz CT molecular complexity index is 581. The molecule has 0 atom stereocenters. The van der Waals surface area contributed by atoms with Gasteiger partial charge < -0.3 is 11.1 Å². The van der Waals surface area contributed by atoms with Crippen molar-refractivity contribution in [3.63, 3.8) is 0 Å². The minimum absolute atomic E-state index is 0.178. The molecule has 3 N–H and O–H groups in total. The number of nitrogens with two attached hydrogens (primary N) is 1. The second-order valence-electron chi connectivity index (χ2n) is 3.90. The number of carbonyl (C=O) groups excluding carboxylic acids is 1. The number of nitrogens with one attached hydrogen (secondary N) is 1. The van der Waals surface area contributed by atoms with Crippen molar-refractivity contribution in [1.82, 2.24) is 4.98 Å².